The Bertz CT molecular complexity index is 1220. The highest BCUT2D eigenvalue weighted by molar-refractivity contribution is 6.01. The van der Waals surface area contributed by atoms with Crippen molar-refractivity contribution in [2.24, 2.45) is 0 Å². The first-order valence-electron chi connectivity index (χ1n) is 9.15. The Morgan fingerprint density at radius 3 is 2.97 bits per heavy atom. The number of benzene rings is 1. The summed E-state index contributed by atoms with van der Waals surface area (Å²) in [5.74, 6) is -1.14. The van der Waals surface area contributed by atoms with Gasteiger partial charge < -0.3 is 20.1 Å². The molecule has 0 radical (unpaired) electrons. The van der Waals surface area contributed by atoms with E-state index in [2.05, 4.69) is 30.1 Å². The molecule has 3 heterocycles. The molecular weight excluding hydrogens is 398 g/mol. The number of aromatic amines is 1. The minimum atomic E-state index is -2.95. The number of halogens is 2. The number of carbonyl (C=O) groups is 1. The summed E-state index contributed by atoms with van der Waals surface area (Å²) in [4.78, 5) is 22.9. The largest absolute Gasteiger partial charge is 0.478 e. The molecule has 0 spiro atoms. The number of alkyl halides is 2. The van der Waals surface area contributed by atoms with Crippen molar-refractivity contribution < 1.29 is 23.4 Å². The lowest BCUT2D eigenvalue weighted by atomic mass is 10.1. The fraction of sp³-hybridized carbons (Fsp3) is 0.263. The van der Waals surface area contributed by atoms with Gasteiger partial charge in [0.25, 0.3) is 0 Å². The average molecular weight is 416 g/mol. The molecule has 11 heteroatoms. The summed E-state index contributed by atoms with van der Waals surface area (Å²) in [6, 6.07) is 4.59. The summed E-state index contributed by atoms with van der Waals surface area (Å²) < 4.78 is 31.7. The van der Waals surface area contributed by atoms with E-state index >= 15 is 0 Å². The van der Waals surface area contributed by atoms with E-state index in [4.69, 9.17) is 0 Å². The topological polar surface area (TPSA) is 118 Å². The molecular formula is C19H18F2N6O3. The first kappa shape index (κ1) is 19.7. The van der Waals surface area contributed by atoms with Gasteiger partial charge in [-0.25, -0.2) is 14.8 Å². The molecule has 1 aromatic carbocycles. The van der Waals surface area contributed by atoms with Crippen LogP contribution in [0.1, 0.15) is 16.8 Å². The SMILES string of the molecule is CNCCCn1nc(-c2cnc3[nH]cc(C(=O)O)c3n2)c2cc(OC(F)F)ccc21. The summed E-state index contributed by atoms with van der Waals surface area (Å²) in [7, 11) is 1.85. The number of aromatic carboxylic acids is 1. The number of fused-ring (bicyclic) bond motifs is 2. The van der Waals surface area contributed by atoms with E-state index in [9.17, 15) is 18.7 Å². The lowest BCUT2D eigenvalue weighted by molar-refractivity contribution is -0.0497. The predicted molar refractivity (Wildman–Crippen MR) is 105 cm³/mol. The van der Waals surface area contributed by atoms with Gasteiger partial charge in [-0.2, -0.15) is 13.9 Å². The van der Waals surface area contributed by atoms with Gasteiger partial charge in [-0.15, -0.1) is 0 Å². The van der Waals surface area contributed by atoms with E-state index < -0.39 is 12.6 Å². The Balaban J connectivity index is 1.86. The van der Waals surface area contributed by atoms with E-state index in [0.29, 0.717) is 29.0 Å². The highest BCUT2D eigenvalue weighted by Crippen LogP contribution is 2.31. The molecule has 0 unspecified atom stereocenters. The Morgan fingerprint density at radius 2 is 2.23 bits per heavy atom. The summed E-state index contributed by atoms with van der Waals surface area (Å²) >= 11 is 0. The van der Waals surface area contributed by atoms with E-state index in [1.807, 2.05) is 7.05 Å². The highest BCUT2D eigenvalue weighted by Gasteiger charge is 2.19. The van der Waals surface area contributed by atoms with Gasteiger partial charge in [-0.05, 0) is 38.2 Å². The molecule has 0 amide bonds. The molecule has 0 fully saturated rings. The van der Waals surface area contributed by atoms with Gasteiger partial charge in [0.2, 0.25) is 0 Å². The molecule has 30 heavy (non-hydrogen) atoms. The van der Waals surface area contributed by atoms with Gasteiger partial charge in [0.15, 0.2) is 5.65 Å². The number of carboxylic acid groups (broad SMARTS) is 1. The first-order chi connectivity index (χ1) is 14.5. The zero-order chi connectivity index (χ0) is 21.3. The second-order valence-corrected chi connectivity index (χ2v) is 6.55. The fourth-order valence-electron chi connectivity index (χ4n) is 3.27. The molecule has 3 aromatic heterocycles. The number of nitrogens with one attached hydrogen (secondary N) is 2. The van der Waals surface area contributed by atoms with Crippen molar-refractivity contribution in [3.05, 3.63) is 36.2 Å². The number of rotatable bonds is 8. The van der Waals surface area contributed by atoms with Gasteiger partial charge in [0.05, 0.1) is 11.7 Å². The maximum atomic E-state index is 12.7. The third kappa shape index (κ3) is 3.66. The third-order valence-corrected chi connectivity index (χ3v) is 4.60. The van der Waals surface area contributed by atoms with Gasteiger partial charge in [0.1, 0.15) is 28.2 Å². The molecule has 156 valence electrons. The second kappa shape index (κ2) is 8.03. The van der Waals surface area contributed by atoms with Gasteiger partial charge in [-0.3, -0.25) is 4.68 Å². The maximum absolute atomic E-state index is 12.7. The predicted octanol–water partition coefficient (Wildman–Crippen LogP) is 2.88. The van der Waals surface area contributed by atoms with Gasteiger partial charge in [-0.1, -0.05) is 0 Å². The van der Waals surface area contributed by atoms with Crippen LogP contribution < -0.4 is 10.1 Å². The molecule has 0 aliphatic rings. The molecule has 0 aliphatic heterocycles. The third-order valence-electron chi connectivity index (χ3n) is 4.60. The molecule has 3 N–H and O–H groups in total. The van der Waals surface area contributed by atoms with Crippen molar-refractivity contribution in [2.45, 2.75) is 19.6 Å². The summed E-state index contributed by atoms with van der Waals surface area (Å²) in [6.45, 7) is -1.59. The van der Waals surface area contributed by atoms with Crippen LogP contribution in [-0.4, -0.2) is 56.0 Å². The summed E-state index contributed by atoms with van der Waals surface area (Å²) in [6.07, 6.45) is 3.58. The molecule has 0 saturated heterocycles. The quantitative estimate of drug-likeness (QED) is 0.378. The lowest BCUT2D eigenvalue weighted by Crippen LogP contribution is -2.11. The average Bonchev–Trinajstić information content (AvgIpc) is 3.29. The standard InChI is InChI=1S/C19H18F2N6O3/c1-22-5-2-6-27-14-4-3-10(30-19(20)21)7-11(14)15(26-27)13-9-24-17-16(25-13)12(8-23-17)18(28)29/h3-4,7-9,19,22H,2,5-6H2,1H3,(H,23,24)(H,28,29). The monoisotopic (exact) mass is 416 g/mol. The van der Waals surface area contributed by atoms with Crippen molar-refractivity contribution >= 4 is 28.0 Å². The van der Waals surface area contributed by atoms with Crippen molar-refractivity contribution in [3.8, 4) is 17.1 Å². The van der Waals surface area contributed by atoms with Crippen LogP contribution in [0.15, 0.2) is 30.6 Å². The maximum Gasteiger partial charge on any atom is 0.387 e. The summed E-state index contributed by atoms with van der Waals surface area (Å²) in [5, 5.41) is 17.6. The molecule has 4 aromatic rings. The van der Waals surface area contributed by atoms with E-state index in [1.54, 1.807) is 10.7 Å². The molecule has 0 bridgehead atoms. The van der Waals surface area contributed by atoms with Crippen LogP contribution in [0, 0.1) is 0 Å². The van der Waals surface area contributed by atoms with Crippen LogP contribution in [0.25, 0.3) is 33.5 Å². The van der Waals surface area contributed by atoms with Crippen LogP contribution >= 0.6 is 0 Å². The van der Waals surface area contributed by atoms with Gasteiger partial charge in [0, 0.05) is 18.1 Å². The minimum Gasteiger partial charge on any atom is -0.478 e. The molecule has 0 aliphatic carbocycles. The van der Waals surface area contributed by atoms with Crippen LogP contribution in [0.3, 0.4) is 0 Å². The number of carboxylic acids is 1. The number of hydrogen-bond donors (Lipinski definition) is 3. The molecule has 4 rings (SSSR count). The minimum absolute atomic E-state index is 0.00423. The van der Waals surface area contributed by atoms with Crippen molar-refractivity contribution in [2.75, 3.05) is 13.6 Å². The number of aromatic nitrogens is 5. The van der Waals surface area contributed by atoms with Crippen molar-refractivity contribution in [1.82, 2.24) is 30.0 Å². The number of H-pyrrole nitrogens is 1. The fourth-order valence-corrected chi connectivity index (χ4v) is 3.27. The number of nitrogens with zero attached hydrogens (tertiary/aromatic N) is 4. The van der Waals surface area contributed by atoms with E-state index in [0.717, 1.165) is 18.5 Å². The first-order valence-corrected chi connectivity index (χ1v) is 9.15. The number of hydrogen-bond acceptors (Lipinski definition) is 6. The Morgan fingerprint density at radius 1 is 1.40 bits per heavy atom. The number of ether oxygens (including phenoxy) is 1. The van der Waals surface area contributed by atoms with Crippen molar-refractivity contribution in [1.29, 1.82) is 0 Å². The van der Waals surface area contributed by atoms with Crippen LogP contribution in [0.2, 0.25) is 0 Å². The Labute approximate surface area is 168 Å². The Kier molecular flexibility index (Phi) is 5.27. The zero-order valence-corrected chi connectivity index (χ0v) is 15.9. The summed E-state index contributed by atoms with van der Waals surface area (Å²) in [5.41, 5.74) is 1.96. The van der Waals surface area contributed by atoms with Crippen molar-refractivity contribution in [3.63, 3.8) is 0 Å². The van der Waals surface area contributed by atoms with Crippen LogP contribution in [0.4, 0.5) is 8.78 Å². The lowest BCUT2D eigenvalue weighted by Gasteiger charge is -2.06. The number of aryl methyl sites for hydroxylation is 1. The van der Waals surface area contributed by atoms with Crippen LogP contribution in [-0.2, 0) is 6.54 Å². The highest BCUT2D eigenvalue weighted by atomic mass is 19.3. The molecule has 0 saturated carbocycles. The van der Waals surface area contributed by atoms with E-state index in [-0.39, 0.29) is 16.8 Å². The zero-order valence-electron chi connectivity index (χ0n) is 15.9. The molecule has 0 atom stereocenters. The smallest absolute Gasteiger partial charge is 0.387 e. The van der Waals surface area contributed by atoms with E-state index in [1.165, 1.54) is 24.5 Å². The van der Waals surface area contributed by atoms with Crippen LogP contribution in [0.5, 0.6) is 5.75 Å². The second-order valence-electron chi connectivity index (χ2n) is 6.55. The van der Waals surface area contributed by atoms with Gasteiger partial charge >= 0.3 is 12.6 Å². The Hall–Kier alpha value is -3.60. The normalized spacial score (nSPS) is 11.6. The molecule has 9 nitrogen and oxygen atoms in total.